The molecule has 0 spiro atoms. The summed E-state index contributed by atoms with van der Waals surface area (Å²) in [5.74, 6) is 1.34. The number of hydrogen-bond acceptors (Lipinski definition) is 2. The third-order valence-electron chi connectivity index (χ3n) is 6.05. The smallest absolute Gasteiger partial charge is 0.259 e. The molecule has 0 fully saturated rings. The van der Waals surface area contributed by atoms with Crippen LogP contribution in [0.1, 0.15) is 43.7 Å². The van der Waals surface area contributed by atoms with Gasteiger partial charge < -0.3 is 9.64 Å². The molecule has 0 bridgehead atoms. The van der Waals surface area contributed by atoms with Crippen LogP contribution < -0.4 is 9.64 Å². The van der Waals surface area contributed by atoms with Gasteiger partial charge in [0.2, 0.25) is 0 Å². The average Bonchev–Trinajstić information content (AvgIpc) is 3.08. The number of para-hydroxylation sites is 1. The zero-order chi connectivity index (χ0) is 21.5. The summed E-state index contributed by atoms with van der Waals surface area (Å²) < 4.78 is 6.17. The van der Waals surface area contributed by atoms with E-state index in [1.165, 1.54) is 11.1 Å². The largest absolute Gasteiger partial charge is 0.489 e. The third-order valence-corrected chi connectivity index (χ3v) is 6.36. The van der Waals surface area contributed by atoms with E-state index in [0.29, 0.717) is 12.5 Å². The van der Waals surface area contributed by atoms with Gasteiger partial charge in [0.05, 0.1) is 6.04 Å². The van der Waals surface area contributed by atoms with Crippen LogP contribution in [0, 0.1) is 13.8 Å². The maximum absolute atomic E-state index is 13.5. The highest BCUT2D eigenvalue weighted by atomic mass is 35.5. The molecule has 3 aromatic rings. The van der Waals surface area contributed by atoms with Gasteiger partial charge in [-0.3, -0.25) is 4.79 Å². The van der Waals surface area contributed by atoms with Gasteiger partial charge in [0.1, 0.15) is 12.4 Å². The maximum atomic E-state index is 13.5. The van der Waals surface area contributed by atoms with E-state index in [-0.39, 0.29) is 11.9 Å². The van der Waals surface area contributed by atoms with Gasteiger partial charge in [-0.2, -0.15) is 0 Å². The minimum absolute atomic E-state index is 0.0510. The Morgan fingerprint density at radius 2 is 1.87 bits per heavy atom. The molecule has 31 heavy (non-hydrogen) atoms. The fourth-order valence-corrected chi connectivity index (χ4v) is 4.78. The van der Waals surface area contributed by atoms with Gasteiger partial charge >= 0.3 is 0 Å². The highest BCUT2D eigenvalue weighted by molar-refractivity contribution is 6.17. The number of hydrogen-bond donors (Lipinski definition) is 0. The lowest BCUT2D eigenvalue weighted by Gasteiger charge is -2.22. The van der Waals surface area contributed by atoms with Gasteiger partial charge in [-0.05, 0) is 66.3 Å². The minimum atomic E-state index is 0.0510. The van der Waals surface area contributed by atoms with Crippen molar-refractivity contribution in [2.45, 2.75) is 38.8 Å². The first-order chi connectivity index (χ1) is 15.0. The second kappa shape index (κ2) is 7.90. The summed E-state index contributed by atoms with van der Waals surface area (Å²) in [6, 6.07) is 18.5. The number of carbonyl (C=O) groups excluding carboxylic acids is 1. The Hall–Kier alpha value is -3.04. The van der Waals surface area contributed by atoms with Crippen LogP contribution in [-0.4, -0.2) is 11.9 Å². The summed E-state index contributed by atoms with van der Waals surface area (Å²) in [6.45, 7) is 4.52. The number of nitrogens with zero attached hydrogens (tertiary/aromatic N) is 1. The minimum Gasteiger partial charge on any atom is -0.489 e. The lowest BCUT2D eigenvalue weighted by atomic mass is 10.0. The summed E-state index contributed by atoms with van der Waals surface area (Å²) in [6.07, 6.45) is 5.05. The number of ether oxygens (including phenoxy) is 1. The zero-order valence-corrected chi connectivity index (χ0v) is 18.4. The molecule has 0 saturated carbocycles. The predicted octanol–water partition coefficient (Wildman–Crippen LogP) is 6.22. The molecule has 1 atom stereocenters. The Kier molecular flexibility index (Phi) is 5.07. The molecule has 0 saturated heterocycles. The van der Waals surface area contributed by atoms with Gasteiger partial charge in [0.25, 0.3) is 5.91 Å². The molecule has 0 aliphatic carbocycles. The molecule has 2 aliphatic heterocycles. The predicted molar refractivity (Wildman–Crippen MR) is 126 cm³/mol. The number of alkyl halides is 1. The summed E-state index contributed by atoms with van der Waals surface area (Å²) >= 11 is 6.01. The molecule has 0 unspecified atom stereocenters. The van der Waals surface area contributed by atoms with Gasteiger partial charge in [-0.1, -0.05) is 54.1 Å². The molecule has 156 valence electrons. The van der Waals surface area contributed by atoms with E-state index >= 15 is 0 Å². The number of fused-ring (bicyclic) bond motifs is 4. The highest BCUT2D eigenvalue weighted by Gasteiger charge is 2.35. The van der Waals surface area contributed by atoms with Crippen molar-refractivity contribution in [2.24, 2.45) is 0 Å². The fraction of sp³-hybridized carbons (Fsp3) is 0.222. The Morgan fingerprint density at radius 3 is 2.71 bits per heavy atom. The SMILES string of the molecule is Cc1cc(CCl)cc(COc2cc3c(cc2C)C(=O)N2c4ccccc4C[C@H]2C=C3)c1. The van der Waals surface area contributed by atoms with E-state index < -0.39 is 0 Å². The molecule has 3 nitrogen and oxygen atoms in total. The van der Waals surface area contributed by atoms with Crippen LogP contribution in [0.25, 0.3) is 6.08 Å². The fourth-order valence-electron chi connectivity index (χ4n) is 4.62. The normalized spacial score (nSPS) is 16.5. The lowest BCUT2D eigenvalue weighted by molar-refractivity contribution is 0.0984. The van der Waals surface area contributed by atoms with E-state index in [9.17, 15) is 4.79 Å². The van der Waals surface area contributed by atoms with Crippen molar-refractivity contribution in [2.75, 3.05) is 4.90 Å². The second-order valence-electron chi connectivity index (χ2n) is 8.39. The third kappa shape index (κ3) is 3.64. The second-order valence-corrected chi connectivity index (χ2v) is 8.66. The maximum Gasteiger partial charge on any atom is 0.259 e. The van der Waals surface area contributed by atoms with E-state index in [0.717, 1.165) is 45.7 Å². The standard InChI is InChI=1S/C27H24ClNO2/c1-17-9-19(15-28)12-20(10-17)16-31-26-14-21-7-8-23-13-22-5-3-4-6-25(22)29(23)27(30)24(21)11-18(26)2/h3-12,14,23H,13,15-16H2,1-2H3/t23-/m1/s1. The van der Waals surface area contributed by atoms with Crippen molar-refractivity contribution in [3.05, 3.63) is 99.6 Å². The summed E-state index contributed by atoms with van der Waals surface area (Å²) in [5.41, 5.74) is 8.18. The van der Waals surface area contributed by atoms with E-state index in [2.05, 4.69) is 43.3 Å². The summed E-state index contributed by atoms with van der Waals surface area (Å²) in [5, 5.41) is 0. The molecule has 4 heteroatoms. The lowest BCUT2D eigenvalue weighted by Crippen LogP contribution is -2.35. The van der Waals surface area contributed by atoms with Crippen LogP contribution in [0.2, 0.25) is 0 Å². The van der Waals surface area contributed by atoms with Crippen LogP contribution in [0.15, 0.2) is 60.7 Å². The Labute approximate surface area is 187 Å². The number of benzene rings is 3. The molecular weight excluding hydrogens is 406 g/mol. The first kappa shape index (κ1) is 19.9. The van der Waals surface area contributed by atoms with Crippen LogP contribution in [0.3, 0.4) is 0 Å². The van der Waals surface area contributed by atoms with Crippen LogP contribution in [0.4, 0.5) is 5.69 Å². The van der Waals surface area contributed by atoms with Gasteiger partial charge in [0.15, 0.2) is 0 Å². The first-order valence-electron chi connectivity index (χ1n) is 10.6. The van der Waals surface area contributed by atoms with Crippen LogP contribution in [-0.2, 0) is 18.9 Å². The van der Waals surface area contributed by atoms with E-state index in [4.69, 9.17) is 16.3 Å². The van der Waals surface area contributed by atoms with Crippen LogP contribution in [0.5, 0.6) is 5.75 Å². The number of halogens is 1. The number of anilines is 1. The number of carbonyl (C=O) groups is 1. The molecule has 0 aromatic heterocycles. The van der Waals surface area contributed by atoms with Gasteiger partial charge in [0, 0.05) is 17.1 Å². The Bertz CT molecular complexity index is 1210. The van der Waals surface area contributed by atoms with Crippen molar-refractivity contribution < 1.29 is 9.53 Å². The van der Waals surface area contributed by atoms with Crippen molar-refractivity contribution in [1.29, 1.82) is 0 Å². The molecule has 3 aromatic carbocycles. The Balaban J connectivity index is 1.44. The quantitative estimate of drug-likeness (QED) is 0.461. The first-order valence-corrected chi connectivity index (χ1v) is 11.1. The molecule has 2 aliphatic rings. The average molecular weight is 430 g/mol. The number of amides is 1. The molecule has 1 amide bonds. The highest BCUT2D eigenvalue weighted by Crippen LogP contribution is 2.37. The van der Waals surface area contributed by atoms with E-state index in [1.807, 2.05) is 42.2 Å². The molecule has 2 heterocycles. The zero-order valence-electron chi connectivity index (χ0n) is 17.7. The monoisotopic (exact) mass is 429 g/mol. The van der Waals surface area contributed by atoms with Gasteiger partial charge in [-0.25, -0.2) is 0 Å². The van der Waals surface area contributed by atoms with Crippen molar-refractivity contribution in [1.82, 2.24) is 0 Å². The van der Waals surface area contributed by atoms with E-state index in [1.54, 1.807) is 0 Å². The molecule has 0 N–H and O–H groups in total. The Morgan fingerprint density at radius 1 is 1.06 bits per heavy atom. The summed E-state index contributed by atoms with van der Waals surface area (Å²) in [7, 11) is 0. The molecule has 5 rings (SSSR count). The van der Waals surface area contributed by atoms with Gasteiger partial charge in [-0.15, -0.1) is 11.6 Å². The van der Waals surface area contributed by atoms with Crippen LogP contribution >= 0.6 is 11.6 Å². The summed E-state index contributed by atoms with van der Waals surface area (Å²) in [4.78, 5) is 15.4. The molecule has 0 radical (unpaired) electrons. The number of aryl methyl sites for hydroxylation is 2. The van der Waals surface area contributed by atoms with Crippen molar-refractivity contribution in [3.8, 4) is 5.75 Å². The molecular formula is C27H24ClNO2. The van der Waals surface area contributed by atoms with Crippen molar-refractivity contribution in [3.63, 3.8) is 0 Å². The van der Waals surface area contributed by atoms with Crippen molar-refractivity contribution >= 4 is 29.3 Å². The number of rotatable bonds is 4. The topological polar surface area (TPSA) is 29.5 Å².